The number of likely N-dealkylation sites (tertiary alicyclic amines) is 1. The predicted octanol–water partition coefficient (Wildman–Crippen LogP) is 0.280. The average Bonchev–Trinajstić information content (AvgIpc) is 2.76. The van der Waals surface area contributed by atoms with E-state index in [1.807, 2.05) is 5.38 Å². The third-order valence-electron chi connectivity index (χ3n) is 2.89. The Kier molecular flexibility index (Phi) is 3.73. The Labute approximate surface area is 104 Å². The van der Waals surface area contributed by atoms with Crippen molar-refractivity contribution < 1.29 is 9.59 Å². The van der Waals surface area contributed by atoms with E-state index >= 15 is 0 Å². The van der Waals surface area contributed by atoms with Gasteiger partial charge in [-0.1, -0.05) is 0 Å². The fraction of sp³-hybridized carbons (Fsp3) is 0.545. The zero-order chi connectivity index (χ0) is 12.3. The molecule has 0 aliphatic carbocycles. The van der Waals surface area contributed by atoms with E-state index in [-0.39, 0.29) is 17.7 Å². The third kappa shape index (κ3) is 2.82. The summed E-state index contributed by atoms with van der Waals surface area (Å²) in [6.07, 6.45) is 2.92. The highest BCUT2D eigenvalue weighted by Gasteiger charge is 2.34. The van der Waals surface area contributed by atoms with Crippen molar-refractivity contribution in [2.45, 2.75) is 12.8 Å². The van der Waals surface area contributed by atoms with Crippen LogP contribution in [0.3, 0.4) is 0 Å². The van der Waals surface area contributed by atoms with Gasteiger partial charge in [-0.05, 0) is 0 Å². The van der Waals surface area contributed by atoms with Crippen molar-refractivity contribution in [1.82, 2.24) is 15.2 Å². The normalized spacial score (nSPS) is 15.5. The molecule has 2 heterocycles. The second kappa shape index (κ2) is 5.27. The maximum atomic E-state index is 11.7. The first-order chi connectivity index (χ1) is 8.20. The van der Waals surface area contributed by atoms with Gasteiger partial charge < -0.3 is 10.2 Å². The fourth-order valence-corrected chi connectivity index (χ4v) is 2.42. The maximum Gasteiger partial charge on any atom is 0.226 e. The smallest absolute Gasteiger partial charge is 0.226 e. The summed E-state index contributed by atoms with van der Waals surface area (Å²) in [5, 5.41) is 5.49. The van der Waals surface area contributed by atoms with Crippen LogP contribution < -0.4 is 5.32 Å². The molecule has 1 fully saturated rings. The molecule has 1 aliphatic heterocycles. The van der Waals surface area contributed by atoms with E-state index in [0.717, 1.165) is 5.01 Å². The Morgan fingerprint density at radius 2 is 2.35 bits per heavy atom. The zero-order valence-electron chi connectivity index (χ0n) is 9.68. The highest BCUT2D eigenvalue weighted by Crippen LogP contribution is 2.17. The molecule has 0 aromatic carbocycles. The van der Waals surface area contributed by atoms with Crippen LogP contribution in [0, 0.1) is 5.92 Å². The van der Waals surface area contributed by atoms with Gasteiger partial charge in [-0.2, -0.15) is 0 Å². The van der Waals surface area contributed by atoms with Crippen LogP contribution in [0.15, 0.2) is 11.6 Å². The first-order valence-electron chi connectivity index (χ1n) is 5.58. The minimum Gasteiger partial charge on any atom is -0.359 e. The van der Waals surface area contributed by atoms with E-state index in [1.165, 1.54) is 0 Å². The van der Waals surface area contributed by atoms with Gasteiger partial charge in [-0.3, -0.25) is 9.59 Å². The van der Waals surface area contributed by atoms with Crippen LogP contribution in [0.25, 0.3) is 0 Å². The monoisotopic (exact) mass is 253 g/mol. The number of hydrogen-bond acceptors (Lipinski definition) is 4. The van der Waals surface area contributed by atoms with Crippen LogP contribution in [0.1, 0.15) is 11.4 Å². The van der Waals surface area contributed by atoms with Crippen molar-refractivity contribution in [3.8, 4) is 0 Å². The van der Waals surface area contributed by atoms with Crippen LogP contribution in [-0.4, -0.2) is 41.8 Å². The Hall–Kier alpha value is -1.43. The van der Waals surface area contributed by atoms with Gasteiger partial charge in [0.25, 0.3) is 0 Å². The van der Waals surface area contributed by atoms with Gasteiger partial charge in [0, 0.05) is 44.6 Å². The highest BCUT2D eigenvalue weighted by molar-refractivity contribution is 7.09. The largest absolute Gasteiger partial charge is 0.359 e. The van der Waals surface area contributed by atoms with Crippen molar-refractivity contribution >= 4 is 23.2 Å². The predicted molar refractivity (Wildman–Crippen MR) is 64.6 cm³/mol. The molecule has 0 radical (unpaired) electrons. The van der Waals surface area contributed by atoms with Crippen LogP contribution >= 0.6 is 11.3 Å². The number of hydrogen-bond donors (Lipinski definition) is 1. The zero-order valence-corrected chi connectivity index (χ0v) is 10.5. The van der Waals surface area contributed by atoms with Gasteiger partial charge in [0.1, 0.15) is 0 Å². The van der Waals surface area contributed by atoms with Crippen molar-refractivity contribution in [3.63, 3.8) is 0 Å². The van der Waals surface area contributed by atoms with Gasteiger partial charge in [-0.25, -0.2) is 4.98 Å². The molecule has 1 aliphatic rings. The van der Waals surface area contributed by atoms with E-state index in [9.17, 15) is 9.59 Å². The number of carbonyl (C=O) groups excluding carboxylic acids is 2. The molecule has 1 aromatic rings. The Bertz CT molecular complexity index is 399. The minimum absolute atomic E-state index is 0.0222. The summed E-state index contributed by atoms with van der Waals surface area (Å²) in [5.41, 5.74) is 0. The molecule has 0 bridgehead atoms. The minimum atomic E-state index is -0.0242. The van der Waals surface area contributed by atoms with Gasteiger partial charge in [0.05, 0.1) is 10.9 Å². The van der Waals surface area contributed by atoms with Crippen LogP contribution in [0.4, 0.5) is 0 Å². The number of aryl methyl sites for hydroxylation is 1. The van der Waals surface area contributed by atoms with Gasteiger partial charge in [0.2, 0.25) is 11.8 Å². The lowest BCUT2D eigenvalue weighted by molar-refractivity contribution is -0.142. The van der Waals surface area contributed by atoms with Crippen LogP contribution in [0.5, 0.6) is 0 Å². The van der Waals surface area contributed by atoms with E-state index in [2.05, 4.69) is 10.3 Å². The van der Waals surface area contributed by atoms with Gasteiger partial charge in [0.15, 0.2) is 0 Å². The number of nitrogens with zero attached hydrogens (tertiary/aromatic N) is 2. The van der Waals surface area contributed by atoms with Crippen molar-refractivity contribution in [3.05, 3.63) is 16.6 Å². The van der Waals surface area contributed by atoms with E-state index in [4.69, 9.17) is 0 Å². The lowest BCUT2D eigenvalue weighted by Gasteiger charge is -2.38. The molecular weight excluding hydrogens is 238 g/mol. The molecule has 1 aromatic heterocycles. The Balaban J connectivity index is 1.71. The maximum absolute atomic E-state index is 11.7. The summed E-state index contributed by atoms with van der Waals surface area (Å²) in [7, 11) is 1.62. The lowest BCUT2D eigenvalue weighted by Crippen LogP contribution is -2.55. The summed E-state index contributed by atoms with van der Waals surface area (Å²) in [5.74, 6) is 0.109. The topological polar surface area (TPSA) is 62.3 Å². The molecule has 0 unspecified atom stereocenters. The number of rotatable bonds is 4. The Morgan fingerprint density at radius 1 is 1.59 bits per heavy atom. The van der Waals surface area contributed by atoms with E-state index in [1.54, 1.807) is 29.5 Å². The SMILES string of the molecule is CNC(=O)C1CN(C(=O)CCc2nccs2)C1. The molecule has 6 heteroatoms. The Morgan fingerprint density at radius 3 is 2.94 bits per heavy atom. The van der Waals surface area contributed by atoms with E-state index in [0.29, 0.717) is 25.9 Å². The third-order valence-corrected chi connectivity index (χ3v) is 3.73. The number of amides is 2. The molecular formula is C11H15N3O2S. The molecule has 0 saturated carbocycles. The summed E-state index contributed by atoms with van der Waals surface area (Å²) >= 11 is 1.57. The molecule has 2 rings (SSSR count). The van der Waals surface area contributed by atoms with E-state index < -0.39 is 0 Å². The van der Waals surface area contributed by atoms with Crippen LogP contribution in [0.2, 0.25) is 0 Å². The molecule has 1 N–H and O–H groups in total. The fourth-order valence-electron chi connectivity index (χ4n) is 1.80. The first kappa shape index (κ1) is 12.0. The highest BCUT2D eigenvalue weighted by atomic mass is 32.1. The molecule has 1 saturated heterocycles. The lowest BCUT2D eigenvalue weighted by atomic mass is 9.98. The quantitative estimate of drug-likeness (QED) is 0.838. The summed E-state index contributed by atoms with van der Waals surface area (Å²) < 4.78 is 0. The molecule has 17 heavy (non-hydrogen) atoms. The standard InChI is InChI=1S/C11H15N3O2S/c1-12-11(16)8-6-14(7-8)10(15)3-2-9-13-4-5-17-9/h4-5,8H,2-3,6-7H2,1H3,(H,12,16). The van der Waals surface area contributed by atoms with Crippen molar-refractivity contribution in [2.75, 3.05) is 20.1 Å². The average molecular weight is 253 g/mol. The summed E-state index contributed by atoms with van der Waals surface area (Å²) in [4.78, 5) is 28.9. The van der Waals surface area contributed by atoms with Crippen LogP contribution in [-0.2, 0) is 16.0 Å². The van der Waals surface area contributed by atoms with Crippen molar-refractivity contribution in [2.24, 2.45) is 5.92 Å². The summed E-state index contributed by atoms with van der Waals surface area (Å²) in [6, 6.07) is 0. The first-order valence-corrected chi connectivity index (χ1v) is 6.46. The number of nitrogens with one attached hydrogen (secondary N) is 1. The molecule has 5 nitrogen and oxygen atoms in total. The molecule has 2 amide bonds. The molecule has 0 spiro atoms. The number of carbonyl (C=O) groups is 2. The molecule has 92 valence electrons. The molecule has 0 atom stereocenters. The summed E-state index contributed by atoms with van der Waals surface area (Å²) in [6.45, 7) is 1.10. The number of aromatic nitrogens is 1. The second-order valence-electron chi connectivity index (χ2n) is 4.04. The van der Waals surface area contributed by atoms with Gasteiger partial charge in [-0.15, -0.1) is 11.3 Å². The van der Waals surface area contributed by atoms with Gasteiger partial charge >= 0.3 is 0 Å². The van der Waals surface area contributed by atoms with Crippen molar-refractivity contribution in [1.29, 1.82) is 0 Å². The second-order valence-corrected chi connectivity index (χ2v) is 5.01. The number of thiazole rings is 1.